The average molecular weight is 282 g/mol. The van der Waals surface area contributed by atoms with Crippen molar-refractivity contribution in [3.63, 3.8) is 0 Å². The molecule has 2 unspecified atom stereocenters. The molecule has 1 rings (SSSR count). The van der Waals surface area contributed by atoms with Crippen molar-refractivity contribution in [2.24, 2.45) is 5.73 Å². The molecule has 3 N–H and O–H groups in total. The Morgan fingerprint density at radius 1 is 1.30 bits per heavy atom. The van der Waals surface area contributed by atoms with E-state index in [2.05, 4.69) is 5.32 Å². The van der Waals surface area contributed by atoms with Crippen LogP contribution in [0, 0.1) is 0 Å². The van der Waals surface area contributed by atoms with Crippen LogP contribution < -0.4 is 20.5 Å². The number of amides is 1. The lowest BCUT2D eigenvalue weighted by atomic mass is 10.1. The lowest BCUT2D eigenvalue weighted by Crippen LogP contribution is -2.44. The molecule has 0 bridgehead atoms. The van der Waals surface area contributed by atoms with E-state index in [1.165, 1.54) is 7.11 Å². The summed E-state index contributed by atoms with van der Waals surface area (Å²) < 4.78 is 15.3. The van der Waals surface area contributed by atoms with Crippen molar-refractivity contribution in [1.82, 2.24) is 5.32 Å². The molecule has 1 aromatic rings. The molecule has 0 heterocycles. The SMILES string of the molecule is COCC(N)C(=O)NC(C)c1ccc(OC)cc1OC. The molecular weight excluding hydrogens is 260 g/mol. The highest BCUT2D eigenvalue weighted by molar-refractivity contribution is 5.82. The topological polar surface area (TPSA) is 82.8 Å². The molecule has 0 fully saturated rings. The minimum atomic E-state index is -0.688. The van der Waals surface area contributed by atoms with Gasteiger partial charge in [-0.05, 0) is 19.1 Å². The summed E-state index contributed by atoms with van der Waals surface area (Å²) in [5.41, 5.74) is 6.54. The quantitative estimate of drug-likeness (QED) is 0.775. The van der Waals surface area contributed by atoms with Crippen LogP contribution in [0.2, 0.25) is 0 Å². The molecule has 1 aromatic carbocycles. The molecule has 0 aliphatic carbocycles. The molecule has 0 aromatic heterocycles. The Kier molecular flexibility index (Phi) is 6.27. The second kappa shape index (κ2) is 7.72. The lowest BCUT2D eigenvalue weighted by molar-refractivity contribution is -0.124. The van der Waals surface area contributed by atoms with Gasteiger partial charge < -0.3 is 25.3 Å². The van der Waals surface area contributed by atoms with E-state index in [9.17, 15) is 4.79 Å². The third-order valence-electron chi connectivity index (χ3n) is 2.95. The number of rotatable bonds is 7. The third-order valence-corrected chi connectivity index (χ3v) is 2.95. The highest BCUT2D eigenvalue weighted by Gasteiger charge is 2.19. The minimum Gasteiger partial charge on any atom is -0.497 e. The first-order valence-corrected chi connectivity index (χ1v) is 6.30. The summed E-state index contributed by atoms with van der Waals surface area (Å²) >= 11 is 0. The van der Waals surface area contributed by atoms with Crippen molar-refractivity contribution < 1.29 is 19.0 Å². The Bertz CT molecular complexity index is 451. The van der Waals surface area contributed by atoms with Crippen LogP contribution in [0.3, 0.4) is 0 Å². The van der Waals surface area contributed by atoms with Gasteiger partial charge in [-0.15, -0.1) is 0 Å². The Hall–Kier alpha value is -1.79. The Morgan fingerprint density at radius 3 is 2.55 bits per heavy atom. The maximum Gasteiger partial charge on any atom is 0.239 e. The summed E-state index contributed by atoms with van der Waals surface area (Å²) in [6.45, 7) is 2.04. The van der Waals surface area contributed by atoms with Crippen LogP contribution in [-0.2, 0) is 9.53 Å². The molecule has 0 saturated heterocycles. The zero-order chi connectivity index (χ0) is 15.1. The van der Waals surface area contributed by atoms with Crippen molar-refractivity contribution in [2.45, 2.75) is 19.0 Å². The predicted molar refractivity (Wildman–Crippen MR) is 76.0 cm³/mol. The fourth-order valence-corrected chi connectivity index (χ4v) is 1.83. The van der Waals surface area contributed by atoms with E-state index in [0.29, 0.717) is 11.5 Å². The van der Waals surface area contributed by atoms with Crippen LogP contribution in [0.5, 0.6) is 11.5 Å². The number of carbonyl (C=O) groups excluding carboxylic acids is 1. The summed E-state index contributed by atoms with van der Waals surface area (Å²) in [4.78, 5) is 11.9. The minimum absolute atomic E-state index is 0.179. The van der Waals surface area contributed by atoms with Crippen LogP contribution in [0.1, 0.15) is 18.5 Å². The van der Waals surface area contributed by atoms with Gasteiger partial charge in [-0.1, -0.05) is 0 Å². The first-order valence-electron chi connectivity index (χ1n) is 6.30. The molecule has 2 atom stereocenters. The number of carbonyl (C=O) groups is 1. The van der Waals surface area contributed by atoms with Gasteiger partial charge in [0, 0.05) is 18.7 Å². The molecule has 0 aliphatic rings. The largest absolute Gasteiger partial charge is 0.497 e. The van der Waals surface area contributed by atoms with Crippen LogP contribution >= 0.6 is 0 Å². The van der Waals surface area contributed by atoms with Gasteiger partial charge >= 0.3 is 0 Å². The van der Waals surface area contributed by atoms with E-state index in [0.717, 1.165) is 5.56 Å². The molecule has 6 heteroatoms. The summed E-state index contributed by atoms with van der Waals surface area (Å²) in [5.74, 6) is 1.08. The van der Waals surface area contributed by atoms with Gasteiger partial charge in [0.15, 0.2) is 0 Å². The maximum atomic E-state index is 11.9. The van der Waals surface area contributed by atoms with Crippen LogP contribution in [0.25, 0.3) is 0 Å². The van der Waals surface area contributed by atoms with Gasteiger partial charge in [0.05, 0.1) is 26.9 Å². The summed E-state index contributed by atoms with van der Waals surface area (Å²) in [6, 6.07) is 4.52. The van der Waals surface area contributed by atoms with E-state index in [1.807, 2.05) is 19.1 Å². The number of hydrogen-bond donors (Lipinski definition) is 2. The van der Waals surface area contributed by atoms with Gasteiger partial charge in [-0.25, -0.2) is 0 Å². The molecule has 1 amide bonds. The number of hydrogen-bond acceptors (Lipinski definition) is 5. The number of nitrogens with one attached hydrogen (secondary N) is 1. The molecule has 0 saturated carbocycles. The van der Waals surface area contributed by atoms with Gasteiger partial charge in [0.1, 0.15) is 17.5 Å². The van der Waals surface area contributed by atoms with Gasteiger partial charge in [-0.2, -0.15) is 0 Å². The molecule has 0 aliphatic heterocycles. The zero-order valence-corrected chi connectivity index (χ0v) is 12.3. The number of benzene rings is 1. The molecule has 112 valence electrons. The van der Waals surface area contributed by atoms with Crippen LogP contribution in [-0.4, -0.2) is 39.9 Å². The highest BCUT2D eigenvalue weighted by atomic mass is 16.5. The van der Waals surface area contributed by atoms with Crippen molar-refractivity contribution in [1.29, 1.82) is 0 Å². The van der Waals surface area contributed by atoms with Gasteiger partial charge in [-0.3, -0.25) is 4.79 Å². The maximum absolute atomic E-state index is 11.9. The van der Waals surface area contributed by atoms with Gasteiger partial charge in [0.2, 0.25) is 5.91 Å². The monoisotopic (exact) mass is 282 g/mol. The van der Waals surface area contributed by atoms with E-state index in [1.54, 1.807) is 20.3 Å². The number of methoxy groups -OCH3 is 3. The van der Waals surface area contributed by atoms with E-state index < -0.39 is 6.04 Å². The number of ether oxygens (including phenoxy) is 3. The predicted octanol–water partition coefficient (Wildman–Crippen LogP) is 0.855. The second-order valence-electron chi connectivity index (χ2n) is 4.40. The molecule has 0 radical (unpaired) electrons. The van der Waals surface area contributed by atoms with E-state index in [4.69, 9.17) is 19.9 Å². The standard InChI is InChI=1S/C14H22N2O4/c1-9(16-14(17)12(15)8-18-2)11-6-5-10(19-3)7-13(11)20-4/h5-7,9,12H,8,15H2,1-4H3,(H,16,17). The fourth-order valence-electron chi connectivity index (χ4n) is 1.83. The third kappa shape index (κ3) is 4.11. The average Bonchev–Trinajstić information content (AvgIpc) is 2.46. The summed E-state index contributed by atoms with van der Waals surface area (Å²) in [5, 5.41) is 2.83. The van der Waals surface area contributed by atoms with E-state index in [-0.39, 0.29) is 18.6 Å². The Labute approximate surface area is 119 Å². The van der Waals surface area contributed by atoms with Crippen LogP contribution in [0.4, 0.5) is 0 Å². The first-order chi connectivity index (χ1) is 9.53. The van der Waals surface area contributed by atoms with Crippen molar-refractivity contribution in [2.75, 3.05) is 27.9 Å². The highest BCUT2D eigenvalue weighted by Crippen LogP contribution is 2.29. The first kappa shape index (κ1) is 16.3. The molecule has 6 nitrogen and oxygen atoms in total. The molecule has 20 heavy (non-hydrogen) atoms. The Balaban J connectivity index is 2.81. The Morgan fingerprint density at radius 2 is 2.00 bits per heavy atom. The van der Waals surface area contributed by atoms with Crippen molar-refractivity contribution in [3.05, 3.63) is 23.8 Å². The van der Waals surface area contributed by atoms with E-state index >= 15 is 0 Å². The summed E-state index contributed by atoms with van der Waals surface area (Å²) in [7, 11) is 4.66. The van der Waals surface area contributed by atoms with Crippen LogP contribution in [0.15, 0.2) is 18.2 Å². The number of nitrogens with two attached hydrogens (primary N) is 1. The molecule has 0 spiro atoms. The lowest BCUT2D eigenvalue weighted by Gasteiger charge is -2.20. The second-order valence-corrected chi connectivity index (χ2v) is 4.40. The smallest absolute Gasteiger partial charge is 0.239 e. The summed E-state index contributed by atoms with van der Waals surface area (Å²) in [6.07, 6.45) is 0. The molecular formula is C14H22N2O4. The van der Waals surface area contributed by atoms with Crippen molar-refractivity contribution >= 4 is 5.91 Å². The zero-order valence-electron chi connectivity index (χ0n) is 12.3. The van der Waals surface area contributed by atoms with Crippen molar-refractivity contribution in [3.8, 4) is 11.5 Å². The van der Waals surface area contributed by atoms with Gasteiger partial charge in [0.25, 0.3) is 0 Å². The fraction of sp³-hybridized carbons (Fsp3) is 0.500. The normalized spacial score (nSPS) is 13.4.